The van der Waals surface area contributed by atoms with Gasteiger partial charge in [0.05, 0.1) is 5.01 Å². The Morgan fingerprint density at radius 3 is 2.82 bits per heavy atom. The number of carbonyl (C=O) groups is 1. The largest absolute Gasteiger partial charge is 0.305 e. The van der Waals surface area contributed by atoms with Gasteiger partial charge in [0.2, 0.25) is 0 Å². The molecule has 88 valence electrons. The number of thiazole rings is 1. The summed E-state index contributed by atoms with van der Waals surface area (Å²) in [7, 11) is 0. The Balaban J connectivity index is 2.18. The van der Waals surface area contributed by atoms with Crippen LogP contribution >= 0.6 is 27.3 Å². The molecule has 0 atom stereocenters. The van der Waals surface area contributed by atoms with Crippen LogP contribution < -0.4 is 5.32 Å². The van der Waals surface area contributed by atoms with Gasteiger partial charge in [-0.2, -0.15) is 0 Å². The van der Waals surface area contributed by atoms with E-state index in [1.807, 2.05) is 19.9 Å². The number of aryl methyl sites for hydroxylation is 2. The summed E-state index contributed by atoms with van der Waals surface area (Å²) >= 11 is 4.77. The molecular formula is C11H10BrN3OS. The van der Waals surface area contributed by atoms with Crippen LogP contribution in [-0.2, 0) is 0 Å². The van der Waals surface area contributed by atoms with Gasteiger partial charge in [0.25, 0.3) is 5.91 Å². The van der Waals surface area contributed by atoms with Gasteiger partial charge in [0.15, 0.2) is 0 Å². The number of aromatic nitrogens is 2. The molecule has 1 amide bonds. The third-order valence-electron chi connectivity index (χ3n) is 2.13. The van der Waals surface area contributed by atoms with Gasteiger partial charge in [-0.25, -0.2) is 9.97 Å². The molecule has 2 aromatic heterocycles. The maximum atomic E-state index is 11.8. The number of hydrogen-bond acceptors (Lipinski definition) is 4. The van der Waals surface area contributed by atoms with Gasteiger partial charge in [0, 0.05) is 16.0 Å². The summed E-state index contributed by atoms with van der Waals surface area (Å²) in [4.78, 5) is 20.1. The fourth-order valence-electron chi connectivity index (χ4n) is 1.31. The van der Waals surface area contributed by atoms with Crippen molar-refractivity contribution in [3.8, 4) is 0 Å². The number of amides is 1. The second-order valence-corrected chi connectivity index (χ2v) is 5.50. The van der Waals surface area contributed by atoms with Crippen molar-refractivity contribution in [1.29, 1.82) is 0 Å². The van der Waals surface area contributed by atoms with Crippen molar-refractivity contribution in [2.24, 2.45) is 0 Å². The van der Waals surface area contributed by atoms with Crippen molar-refractivity contribution in [2.45, 2.75) is 13.8 Å². The van der Waals surface area contributed by atoms with E-state index in [9.17, 15) is 4.79 Å². The predicted molar refractivity (Wildman–Crippen MR) is 71.5 cm³/mol. The molecule has 0 saturated heterocycles. The van der Waals surface area contributed by atoms with Crippen LogP contribution in [0.2, 0.25) is 0 Å². The minimum absolute atomic E-state index is 0.229. The topological polar surface area (TPSA) is 54.9 Å². The lowest BCUT2D eigenvalue weighted by Gasteiger charge is -2.05. The summed E-state index contributed by atoms with van der Waals surface area (Å²) in [5.41, 5.74) is 1.33. The van der Waals surface area contributed by atoms with Crippen LogP contribution in [0, 0.1) is 13.8 Å². The van der Waals surface area contributed by atoms with E-state index < -0.39 is 0 Å². The summed E-state index contributed by atoms with van der Waals surface area (Å²) in [6.45, 7) is 3.75. The van der Waals surface area contributed by atoms with Crippen LogP contribution in [0.15, 0.2) is 22.1 Å². The summed E-state index contributed by atoms with van der Waals surface area (Å²) in [5, 5.41) is 5.35. The van der Waals surface area contributed by atoms with Crippen molar-refractivity contribution in [3.63, 3.8) is 0 Å². The van der Waals surface area contributed by atoms with Crippen molar-refractivity contribution in [1.82, 2.24) is 9.97 Å². The summed E-state index contributed by atoms with van der Waals surface area (Å²) < 4.78 is 0.887. The fraction of sp³-hybridized carbons (Fsp3) is 0.182. The molecule has 0 fully saturated rings. The molecule has 6 heteroatoms. The Labute approximate surface area is 111 Å². The Kier molecular flexibility index (Phi) is 3.54. The monoisotopic (exact) mass is 311 g/mol. The maximum absolute atomic E-state index is 11.8. The van der Waals surface area contributed by atoms with Crippen LogP contribution in [-0.4, -0.2) is 15.9 Å². The minimum Gasteiger partial charge on any atom is -0.305 e. The highest BCUT2D eigenvalue weighted by Gasteiger charge is 2.11. The molecule has 0 saturated carbocycles. The number of rotatable bonds is 2. The molecule has 17 heavy (non-hydrogen) atoms. The first-order valence-electron chi connectivity index (χ1n) is 4.92. The molecule has 4 nitrogen and oxygen atoms in total. The van der Waals surface area contributed by atoms with Gasteiger partial charge in [-0.05, 0) is 41.4 Å². The van der Waals surface area contributed by atoms with E-state index in [4.69, 9.17) is 0 Å². The lowest BCUT2D eigenvalue weighted by Crippen LogP contribution is -2.14. The summed E-state index contributed by atoms with van der Waals surface area (Å²) in [6, 6.07) is 1.90. The molecule has 2 aromatic rings. The Hall–Kier alpha value is -1.27. The Morgan fingerprint density at radius 2 is 2.24 bits per heavy atom. The van der Waals surface area contributed by atoms with Gasteiger partial charge < -0.3 is 5.32 Å². The van der Waals surface area contributed by atoms with E-state index >= 15 is 0 Å². The zero-order chi connectivity index (χ0) is 12.4. The molecule has 0 radical (unpaired) electrons. The normalized spacial score (nSPS) is 10.3. The minimum atomic E-state index is -0.229. The summed E-state index contributed by atoms with van der Waals surface area (Å²) in [6.07, 6.45) is 1.65. The molecule has 2 heterocycles. The molecule has 0 spiro atoms. The first-order valence-corrected chi connectivity index (χ1v) is 6.59. The van der Waals surface area contributed by atoms with Crippen LogP contribution in [0.25, 0.3) is 0 Å². The zero-order valence-electron chi connectivity index (χ0n) is 9.32. The van der Waals surface area contributed by atoms with Gasteiger partial charge in [0.1, 0.15) is 11.5 Å². The molecule has 0 unspecified atom stereocenters. The average Bonchev–Trinajstić information content (AvgIpc) is 2.69. The van der Waals surface area contributed by atoms with E-state index in [-0.39, 0.29) is 5.91 Å². The molecule has 1 N–H and O–H groups in total. The number of anilines is 1. The summed E-state index contributed by atoms with van der Waals surface area (Å²) in [5.74, 6) is 0.330. The fourth-order valence-corrected chi connectivity index (χ4v) is 2.35. The van der Waals surface area contributed by atoms with Gasteiger partial charge in [-0.15, -0.1) is 11.3 Å². The molecule has 0 aliphatic rings. The highest BCUT2D eigenvalue weighted by Crippen LogP contribution is 2.17. The van der Waals surface area contributed by atoms with Crippen molar-refractivity contribution in [2.75, 3.05) is 5.32 Å². The zero-order valence-corrected chi connectivity index (χ0v) is 11.7. The van der Waals surface area contributed by atoms with E-state index in [0.29, 0.717) is 11.5 Å². The van der Waals surface area contributed by atoms with Crippen molar-refractivity contribution >= 4 is 39.0 Å². The maximum Gasteiger partial charge on any atom is 0.276 e. The second-order valence-electron chi connectivity index (χ2n) is 3.52. The highest BCUT2D eigenvalue weighted by atomic mass is 79.9. The quantitative estimate of drug-likeness (QED) is 0.926. The van der Waals surface area contributed by atoms with Crippen LogP contribution in [0.1, 0.15) is 21.1 Å². The Bertz CT molecular complexity index is 568. The highest BCUT2D eigenvalue weighted by molar-refractivity contribution is 9.10. The number of hydrogen-bond donors (Lipinski definition) is 1. The molecule has 0 aromatic carbocycles. The molecular weight excluding hydrogens is 302 g/mol. The first kappa shape index (κ1) is 12.2. The SMILES string of the molecule is Cc1nc(C(=O)Nc2ncc(Br)cc2C)cs1. The van der Waals surface area contributed by atoms with Crippen molar-refractivity contribution < 1.29 is 4.79 Å². The number of halogens is 1. The van der Waals surface area contributed by atoms with Crippen LogP contribution in [0.4, 0.5) is 5.82 Å². The Morgan fingerprint density at radius 1 is 1.47 bits per heavy atom. The average molecular weight is 312 g/mol. The number of pyridine rings is 1. The molecule has 0 aliphatic carbocycles. The van der Waals surface area contributed by atoms with Gasteiger partial charge in [-0.1, -0.05) is 0 Å². The number of carbonyl (C=O) groups excluding carboxylic acids is 1. The van der Waals surface area contributed by atoms with E-state index in [0.717, 1.165) is 15.0 Å². The van der Waals surface area contributed by atoms with Gasteiger partial charge >= 0.3 is 0 Å². The lowest BCUT2D eigenvalue weighted by molar-refractivity contribution is 0.102. The number of nitrogens with one attached hydrogen (secondary N) is 1. The van der Waals surface area contributed by atoms with Gasteiger partial charge in [-0.3, -0.25) is 4.79 Å². The lowest BCUT2D eigenvalue weighted by atomic mass is 10.3. The smallest absolute Gasteiger partial charge is 0.276 e. The van der Waals surface area contributed by atoms with Crippen LogP contribution in [0.5, 0.6) is 0 Å². The third-order valence-corrected chi connectivity index (χ3v) is 3.34. The third kappa shape index (κ3) is 2.89. The standard InChI is InChI=1S/C11H10BrN3OS/c1-6-3-8(12)4-13-10(6)15-11(16)9-5-17-7(2)14-9/h3-5H,1-2H3,(H,13,15,16). The predicted octanol–water partition coefficient (Wildman–Crippen LogP) is 3.17. The van der Waals surface area contributed by atoms with Crippen LogP contribution in [0.3, 0.4) is 0 Å². The van der Waals surface area contributed by atoms with E-state index in [1.54, 1.807) is 11.6 Å². The second kappa shape index (κ2) is 4.93. The van der Waals surface area contributed by atoms with E-state index in [1.165, 1.54) is 11.3 Å². The number of nitrogens with zero attached hydrogens (tertiary/aromatic N) is 2. The van der Waals surface area contributed by atoms with Crippen molar-refractivity contribution in [3.05, 3.63) is 38.4 Å². The molecule has 0 bridgehead atoms. The van der Waals surface area contributed by atoms with E-state index in [2.05, 4.69) is 31.2 Å². The first-order chi connectivity index (χ1) is 8.06. The molecule has 2 rings (SSSR count). The molecule has 0 aliphatic heterocycles.